The van der Waals surface area contributed by atoms with Crippen molar-refractivity contribution in [2.45, 2.75) is 11.4 Å². The number of nitrogens with zero attached hydrogens (tertiary/aromatic N) is 4. The molecule has 0 bridgehead atoms. The van der Waals surface area contributed by atoms with E-state index in [2.05, 4.69) is 15.2 Å². The molecule has 2 rings (SSSR count). The van der Waals surface area contributed by atoms with E-state index in [4.69, 9.17) is 5.73 Å². The van der Waals surface area contributed by atoms with E-state index in [9.17, 15) is 18.5 Å². The molecule has 0 amide bonds. The van der Waals surface area contributed by atoms with E-state index in [1.54, 1.807) is 0 Å². The fourth-order valence-corrected chi connectivity index (χ4v) is 2.93. The summed E-state index contributed by atoms with van der Waals surface area (Å²) in [5.74, 6) is 0.319. The van der Waals surface area contributed by atoms with Crippen LogP contribution in [0.15, 0.2) is 29.4 Å². The van der Waals surface area contributed by atoms with Crippen LogP contribution >= 0.6 is 0 Å². The quantitative estimate of drug-likeness (QED) is 0.452. The van der Waals surface area contributed by atoms with Gasteiger partial charge < -0.3 is 5.73 Å². The maximum absolute atomic E-state index is 12.4. The first-order valence-electron chi connectivity index (χ1n) is 5.67. The standard InChI is InChI=1S/C10H12N6O4S/c1-15(5-10-12-6-13-14-10)21(19,20)9-3-2-7(11)4-8(9)16(17)18/h2-4,6H,5,11H2,1H3,(H,12,13,14). The van der Waals surface area contributed by atoms with Crippen LogP contribution in [0.25, 0.3) is 0 Å². The molecule has 0 saturated heterocycles. The average Bonchev–Trinajstić information content (AvgIpc) is 2.91. The number of benzene rings is 1. The molecule has 10 nitrogen and oxygen atoms in total. The van der Waals surface area contributed by atoms with Gasteiger partial charge in [-0.3, -0.25) is 15.2 Å². The van der Waals surface area contributed by atoms with Crippen molar-refractivity contribution in [1.82, 2.24) is 19.5 Å². The molecule has 1 heterocycles. The zero-order chi connectivity index (χ0) is 15.6. The molecule has 21 heavy (non-hydrogen) atoms. The van der Waals surface area contributed by atoms with Gasteiger partial charge in [0, 0.05) is 18.8 Å². The van der Waals surface area contributed by atoms with E-state index >= 15 is 0 Å². The number of nitrogens with two attached hydrogens (primary N) is 1. The molecule has 112 valence electrons. The van der Waals surface area contributed by atoms with Crippen molar-refractivity contribution in [1.29, 1.82) is 0 Å². The molecule has 0 aliphatic carbocycles. The predicted molar refractivity (Wildman–Crippen MR) is 72.5 cm³/mol. The Morgan fingerprint density at radius 2 is 2.19 bits per heavy atom. The molecule has 2 aromatic rings. The Kier molecular flexibility index (Phi) is 3.86. The fraction of sp³-hybridized carbons (Fsp3) is 0.200. The molecule has 1 aromatic carbocycles. The molecule has 0 unspecified atom stereocenters. The van der Waals surface area contributed by atoms with Crippen LogP contribution in [0.4, 0.5) is 11.4 Å². The van der Waals surface area contributed by atoms with Crippen LogP contribution in [-0.4, -0.2) is 39.9 Å². The summed E-state index contributed by atoms with van der Waals surface area (Å²) in [6.45, 7) is -0.0934. The molecule has 0 radical (unpaired) electrons. The number of rotatable bonds is 5. The monoisotopic (exact) mass is 312 g/mol. The van der Waals surface area contributed by atoms with E-state index in [0.717, 1.165) is 16.4 Å². The van der Waals surface area contributed by atoms with Gasteiger partial charge in [-0.2, -0.15) is 9.40 Å². The lowest BCUT2D eigenvalue weighted by Gasteiger charge is -2.15. The summed E-state index contributed by atoms with van der Waals surface area (Å²) >= 11 is 0. The zero-order valence-corrected chi connectivity index (χ0v) is 11.7. The number of nitro benzene ring substituents is 1. The van der Waals surface area contributed by atoms with Crippen LogP contribution in [0.5, 0.6) is 0 Å². The third kappa shape index (κ3) is 2.98. The van der Waals surface area contributed by atoms with Crippen molar-refractivity contribution in [2.24, 2.45) is 0 Å². The average molecular weight is 312 g/mol. The van der Waals surface area contributed by atoms with Crippen LogP contribution in [-0.2, 0) is 16.6 Å². The lowest BCUT2D eigenvalue weighted by molar-refractivity contribution is -0.387. The lowest BCUT2D eigenvalue weighted by Crippen LogP contribution is -2.27. The van der Waals surface area contributed by atoms with Gasteiger partial charge in [0.1, 0.15) is 12.2 Å². The van der Waals surface area contributed by atoms with Crippen molar-refractivity contribution >= 4 is 21.4 Å². The van der Waals surface area contributed by atoms with E-state index in [-0.39, 0.29) is 12.2 Å². The minimum atomic E-state index is -4.06. The maximum atomic E-state index is 12.4. The van der Waals surface area contributed by atoms with Crippen LogP contribution in [0, 0.1) is 10.1 Å². The molecule has 0 aliphatic rings. The van der Waals surface area contributed by atoms with Crippen LogP contribution in [0.3, 0.4) is 0 Å². The van der Waals surface area contributed by atoms with Gasteiger partial charge in [0.25, 0.3) is 5.69 Å². The second kappa shape index (κ2) is 5.46. The minimum absolute atomic E-state index is 0.0934. The summed E-state index contributed by atoms with van der Waals surface area (Å²) in [6, 6.07) is 3.41. The highest BCUT2D eigenvalue weighted by Gasteiger charge is 2.30. The Morgan fingerprint density at radius 3 is 2.76 bits per heavy atom. The highest BCUT2D eigenvalue weighted by atomic mass is 32.2. The highest BCUT2D eigenvalue weighted by Crippen LogP contribution is 2.28. The molecule has 0 spiro atoms. The van der Waals surface area contributed by atoms with Gasteiger partial charge in [0.05, 0.1) is 11.5 Å². The molecular weight excluding hydrogens is 300 g/mol. The fourth-order valence-electron chi connectivity index (χ4n) is 1.67. The predicted octanol–water partition coefficient (Wildman–Crippen LogP) is 0.116. The second-order valence-corrected chi connectivity index (χ2v) is 6.19. The van der Waals surface area contributed by atoms with Gasteiger partial charge in [-0.05, 0) is 12.1 Å². The SMILES string of the molecule is CN(Cc1ncn[nH]1)S(=O)(=O)c1ccc(N)cc1[N+](=O)[O-]. The Hall–Kier alpha value is -2.53. The van der Waals surface area contributed by atoms with Gasteiger partial charge in [-0.15, -0.1) is 0 Å². The van der Waals surface area contributed by atoms with Gasteiger partial charge in [0.2, 0.25) is 10.0 Å². The van der Waals surface area contributed by atoms with Crippen molar-refractivity contribution < 1.29 is 13.3 Å². The summed E-state index contributed by atoms with van der Waals surface area (Å²) < 4.78 is 25.8. The summed E-state index contributed by atoms with van der Waals surface area (Å²) in [6.07, 6.45) is 1.24. The van der Waals surface area contributed by atoms with Crippen molar-refractivity contribution in [3.05, 3.63) is 40.5 Å². The maximum Gasteiger partial charge on any atom is 0.291 e. The topological polar surface area (TPSA) is 148 Å². The Morgan fingerprint density at radius 1 is 1.48 bits per heavy atom. The van der Waals surface area contributed by atoms with Crippen molar-refractivity contribution in [3.63, 3.8) is 0 Å². The lowest BCUT2D eigenvalue weighted by atomic mass is 10.3. The molecule has 0 atom stereocenters. The highest BCUT2D eigenvalue weighted by molar-refractivity contribution is 7.89. The molecule has 0 saturated carbocycles. The van der Waals surface area contributed by atoms with Crippen molar-refractivity contribution in [2.75, 3.05) is 12.8 Å². The Bertz CT molecular complexity index is 758. The number of H-pyrrole nitrogens is 1. The normalized spacial score (nSPS) is 11.7. The van der Waals surface area contributed by atoms with Gasteiger partial charge >= 0.3 is 0 Å². The number of nitrogen functional groups attached to an aromatic ring is 1. The number of hydrogen-bond donors (Lipinski definition) is 2. The zero-order valence-electron chi connectivity index (χ0n) is 10.9. The van der Waals surface area contributed by atoms with Gasteiger partial charge in [-0.25, -0.2) is 13.4 Å². The van der Waals surface area contributed by atoms with Gasteiger partial charge in [-0.1, -0.05) is 0 Å². The third-order valence-corrected chi connectivity index (χ3v) is 4.56. The molecule has 11 heteroatoms. The summed E-state index contributed by atoms with van der Waals surface area (Å²) in [7, 11) is -2.77. The summed E-state index contributed by atoms with van der Waals surface area (Å²) in [5.41, 5.74) is 5.00. The Balaban J connectivity index is 2.41. The molecule has 0 fully saturated rings. The number of aromatic nitrogens is 3. The second-order valence-electron chi connectivity index (χ2n) is 4.18. The summed E-state index contributed by atoms with van der Waals surface area (Å²) in [4.78, 5) is 13.6. The molecular formula is C10H12N6O4S. The third-order valence-electron chi connectivity index (χ3n) is 2.71. The number of sulfonamides is 1. The number of nitro groups is 1. The molecule has 1 aromatic heterocycles. The smallest absolute Gasteiger partial charge is 0.291 e. The van der Waals surface area contributed by atoms with Crippen LogP contribution in [0.2, 0.25) is 0 Å². The molecule has 0 aliphatic heterocycles. The van der Waals surface area contributed by atoms with E-state index in [0.29, 0.717) is 5.82 Å². The summed E-state index contributed by atoms with van der Waals surface area (Å²) in [5, 5.41) is 17.1. The van der Waals surface area contributed by atoms with Gasteiger partial charge in [0.15, 0.2) is 4.90 Å². The van der Waals surface area contributed by atoms with Crippen molar-refractivity contribution in [3.8, 4) is 0 Å². The molecule has 3 N–H and O–H groups in total. The Labute approximate surface area is 119 Å². The van der Waals surface area contributed by atoms with E-state index in [1.165, 1.54) is 19.4 Å². The minimum Gasteiger partial charge on any atom is -0.399 e. The van der Waals surface area contributed by atoms with E-state index < -0.39 is 25.5 Å². The largest absolute Gasteiger partial charge is 0.399 e. The first-order valence-corrected chi connectivity index (χ1v) is 7.11. The number of anilines is 1. The first kappa shape index (κ1) is 14.9. The first-order chi connectivity index (χ1) is 9.82. The number of aromatic amines is 1. The number of hydrogen-bond acceptors (Lipinski definition) is 7. The van der Waals surface area contributed by atoms with E-state index in [1.807, 2.05) is 0 Å². The van der Waals surface area contributed by atoms with Crippen LogP contribution < -0.4 is 5.73 Å². The van der Waals surface area contributed by atoms with Crippen LogP contribution in [0.1, 0.15) is 5.82 Å². The number of nitrogens with one attached hydrogen (secondary N) is 1.